The second-order valence-electron chi connectivity index (χ2n) is 8.24. The molecule has 2 saturated heterocycles. The molecular weight excluding hydrogens is 518 g/mol. The minimum atomic E-state index is -1.05. The number of likely N-dealkylation sites (tertiary alicyclic amines) is 1. The van der Waals surface area contributed by atoms with Crippen LogP contribution in [0.1, 0.15) is 17.2 Å². The van der Waals surface area contributed by atoms with Crippen LogP contribution in [0, 0.1) is 16.0 Å². The van der Waals surface area contributed by atoms with Crippen LogP contribution < -0.4 is 9.80 Å². The highest BCUT2D eigenvalue weighted by molar-refractivity contribution is 9.10. The van der Waals surface area contributed by atoms with E-state index in [0.29, 0.717) is 21.5 Å². The predicted molar refractivity (Wildman–Crippen MR) is 129 cm³/mol. The zero-order chi connectivity index (χ0) is 24.7. The topological polar surface area (TPSA) is 102 Å². The zero-order valence-corrected chi connectivity index (χ0v) is 20.1. The molecule has 9 nitrogen and oxygen atoms in total. The van der Waals surface area contributed by atoms with Gasteiger partial charge in [0.25, 0.3) is 11.6 Å². The Labute approximate surface area is 209 Å². The first-order chi connectivity index (χ1) is 16.9. The van der Waals surface area contributed by atoms with Crippen LogP contribution in [0.4, 0.5) is 11.4 Å². The normalized spacial score (nSPS) is 21.4. The molecule has 3 aromatic carbocycles. The summed E-state index contributed by atoms with van der Waals surface area (Å²) in [6.45, 7) is 0.144. The first kappa shape index (κ1) is 23.0. The number of fused-ring (bicyclic) bond motifs is 1. The number of benzene rings is 3. The summed E-state index contributed by atoms with van der Waals surface area (Å²) >= 11 is 3.48. The van der Waals surface area contributed by atoms with E-state index >= 15 is 0 Å². The van der Waals surface area contributed by atoms with Crippen LogP contribution in [0.25, 0.3) is 0 Å². The second kappa shape index (κ2) is 9.12. The number of anilines is 1. The number of carbonyl (C=O) groups excluding carboxylic acids is 2. The molecule has 10 heteroatoms. The molecule has 0 saturated carbocycles. The van der Waals surface area contributed by atoms with Gasteiger partial charge in [-0.3, -0.25) is 29.4 Å². The number of hydroxylamine groups is 1. The number of hydrogen-bond acceptors (Lipinski definition) is 7. The van der Waals surface area contributed by atoms with Crippen LogP contribution in [0.15, 0.2) is 77.3 Å². The van der Waals surface area contributed by atoms with Gasteiger partial charge in [0.1, 0.15) is 11.7 Å². The van der Waals surface area contributed by atoms with Crippen LogP contribution in [-0.2, 0) is 21.0 Å². The highest BCUT2D eigenvalue weighted by Gasteiger charge is 2.59. The quantitative estimate of drug-likeness (QED) is 0.260. The minimum absolute atomic E-state index is 0.124. The molecule has 0 aliphatic carbocycles. The molecule has 2 fully saturated rings. The molecule has 5 rings (SSSR count). The van der Waals surface area contributed by atoms with Gasteiger partial charge < -0.3 is 4.74 Å². The predicted octanol–water partition coefficient (Wildman–Crippen LogP) is 4.41. The van der Waals surface area contributed by atoms with E-state index in [4.69, 9.17) is 9.57 Å². The average Bonchev–Trinajstić information content (AvgIpc) is 3.37. The molecule has 0 N–H and O–H groups in total. The van der Waals surface area contributed by atoms with Crippen LogP contribution in [0.3, 0.4) is 0 Å². The molecule has 3 atom stereocenters. The molecule has 2 aliphatic heterocycles. The molecule has 35 heavy (non-hydrogen) atoms. The van der Waals surface area contributed by atoms with Crippen LogP contribution >= 0.6 is 15.9 Å². The lowest BCUT2D eigenvalue weighted by Crippen LogP contribution is -2.37. The summed E-state index contributed by atoms with van der Waals surface area (Å²) in [5.74, 6) is -1.01. The smallest absolute Gasteiger partial charge is 0.271 e. The molecule has 178 valence electrons. The molecule has 0 spiro atoms. The van der Waals surface area contributed by atoms with E-state index in [-0.39, 0.29) is 18.1 Å². The SMILES string of the molecule is COc1ccc([C@@H]2[C@H]3C(=O)N(Cc4ccccc4)C(=O)[C@H]3ON2c2cccc([N+](=O)[O-])c2)cc1Br. The highest BCUT2D eigenvalue weighted by Crippen LogP contribution is 2.48. The van der Waals surface area contributed by atoms with Crippen LogP contribution in [0.2, 0.25) is 0 Å². The molecule has 0 aromatic heterocycles. The number of nitro groups is 1. The standard InChI is InChI=1S/C25H20BrN3O6/c1-34-20-11-10-16(12-19(20)26)22-21-23(35-28(22)17-8-5-9-18(13-17)29(32)33)25(31)27(24(21)30)14-15-6-3-2-4-7-15/h2-13,21-23H,14H2,1H3/t21-,22-,23+/m1/s1. The third-order valence-corrected chi connectivity index (χ3v) is 6.82. The third-order valence-electron chi connectivity index (χ3n) is 6.20. The summed E-state index contributed by atoms with van der Waals surface area (Å²) in [6.07, 6.45) is -1.05. The number of halogens is 1. The number of non-ortho nitro benzene ring substituents is 1. The van der Waals surface area contributed by atoms with Crippen molar-refractivity contribution in [2.45, 2.75) is 18.7 Å². The number of amides is 2. The number of hydrogen-bond donors (Lipinski definition) is 0. The maximum absolute atomic E-state index is 13.6. The Morgan fingerprint density at radius 3 is 2.49 bits per heavy atom. The molecule has 0 unspecified atom stereocenters. The fraction of sp³-hybridized carbons (Fsp3) is 0.200. The molecule has 3 aromatic rings. The second-order valence-corrected chi connectivity index (χ2v) is 9.10. The fourth-order valence-corrected chi connectivity index (χ4v) is 5.12. The Bertz CT molecular complexity index is 1320. The molecule has 2 heterocycles. The van der Waals surface area contributed by atoms with E-state index in [0.717, 1.165) is 5.56 Å². The Hall–Kier alpha value is -3.76. The van der Waals surface area contributed by atoms with Crippen LogP contribution in [-0.4, -0.2) is 34.9 Å². The number of carbonyl (C=O) groups is 2. The third kappa shape index (κ3) is 4.04. The van der Waals surface area contributed by atoms with Crippen molar-refractivity contribution in [3.8, 4) is 5.75 Å². The first-order valence-electron chi connectivity index (χ1n) is 10.8. The van der Waals surface area contributed by atoms with Crippen molar-refractivity contribution in [3.05, 3.63) is 98.5 Å². The van der Waals surface area contributed by atoms with Crippen molar-refractivity contribution >= 4 is 39.1 Å². The lowest BCUT2D eigenvalue weighted by molar-refractivity contribution is -0.384. The summed E-state index contributed by atoms with van der Waals surface area (Å²) in [7, 11) is 1.55. The maximum Gasteiger partial charge on any atom is 0.271 e. The highest BCUT2D eigenvalue weighted by atomic mass is 79.9. The van der Waals surface area contributed by atoms with E-state index in [1.165, 1.54) is 28.2 Å². The van der Waals surface area contributed by atoms with Crippen molar-refractivity contribution in [2.24, 2.45) is 5.92 Å². The van der Waals surface area contributed by atoms with Gasteiger partial charge in [0.15, 0.2) is 6.10 Å². The van der Waals surface area contributed by atoms with Crippen molar-refractivity contribution in [1.82, 2.24) is 4.90 Å². The van der Waals surface area contributed by atoms with Gasteiger partial charge in [-0.25, -0.2) is 5.06 Å². The number of nitro benzene ring substituents is 1. The summed E-state index contributed by atoms with van der Waals surface area (Å²) in [4.78, 5) is 45.1. The monoisotopic (exact) mass is 537 g/mol. The summed E-state index contributed by atoms with van der Waals surface area (Å²) in [5, 5.41) is 12.8. The fourth-order valence-electron chi connectivity index (χ4n) is 4.57. The largest absolute Gasteiger partial charge is 0.496 e. The molecule has 0 bridgehead atoms. The van der Waals surface area contributed by atoms with E-state index in [2.05, 4.69) is 15.9 Å². The lowest BCUT2D eigenvalue weighted by Gasteiger charge is -2.29. The van der Waals surface area contributed by atoms with Crippen molar-refractivity contribution in [1.29, 1.82) is 0 Å². The Kier molecular flexibility index (Phi) is 6.00. The van der Waals surface area contributed by atoms with Gasteiger partial charge >= 0.3 is 0 Å². The van der Waals surface area contributed by atoms with E-state index in [1.54, 1.807) is 31.4 Å². The van der Waals surface area contributed by atoms with E-state index in [9.17, 15) is 19.7 Å². The van der Waals surface area contributed by atoms with Gasteiger partial charge in [-0.2, -0.15) is 0 Å². The Morgan fingerprint density at radius 2 is 1.80 bits per heavy atom. The Morgan fingerprint density at radius 1 is 1.03 bits per heavy atom. The van der Waals surface area contributed by atoms with Crippen molar-refractivity contribution in [3.63, 3.8) is 0 Å². The number of rotatable bonds is 6. The first-order valence-corrected chi connectivity index (χ1v) is 11.6. The number of nitrogens with zero attached hydrogens (tertiary/aromatic N) is 3. The van der Waals surface area contributed by atoms with Gasteiger partial charge in [0.05, 0.1) is 34.8 Å². The lowest BCUT2D eigenvalue weighted by atomic mass is 9.90. The summed E-state index contributed by atoms with van der Waals surface area (Å²) in [5.41, 5.74) is 1.77. The summed E-state index contributed by atoms with van der Waals surface area (Å²) < 4.78 is 5.99. The van der Waals surface area contributed by atoms with Gasteiger partial charge in [-0.1, -0.05) is 42.5 Å². The van der Waals surface area contributed by atoms with Gasteiger partial charge in [0.2, 0.25) is 5.91 Å². The minimum Gasteiger partial charge on any atom is -0.496 e. The molecular formula is C25H20BrN3O6. The van der Waals surface area contributed by atoms with Crippen molar-refractivity contribution < 1.29 is 24.1 Å². The molecule has 0 radical (unpaired) electrons. The van der Waals surface area contributed by atoms with Crippen molar-refractivity contribution in [2.75, 3.05) is 12.2 Å². The number of ether oxygens (including phenoxy) is 1. The molecule has 2 aliphatic rings. The average molecular weight is 538 g/mol. The van der Waals surface area contributed by atoms with Gasteiger partial charge in [-0.05, 0) is 45.3 Å². The van der Waals surface area contributed by atoms with E-state index < -0.39 is 28.9 Å². The summed E-state index contributed by atoms with van der Waals surface area (Å²) in [6, 6.07) is 19.8. The Balaban J connectivity index is 1.56. The number of imide groups is 1. The maximum atomic E-state index is 13.6. The number of methoxy groups -OCH3 is 1. The van der Waals surface area contributed by atoms with Gasteiger partial charge in [-0.15, -0.1) is 0 Å². The van der Waals surface area contributed by atoms with Gasteiger partial charge in [0, 0.05) is 12.1 Å². The molecule has 2 amide bonds. The van der Waals surface area contributed by atoms with Crippen LogP contribution in [0.5, 0.6) is 5.75 Å². The van der Waals surface area contributed by atoms with E-state index in [1.807, 2.05) is 30.3 Å². The zero-order valence-electron chi connectivity index (χ0n) is 18.5.